The maximum Gasteiger partial charge on any atom is 0.407 e. The summed E-state index contributed by atoms with van der Waals surface area (Å²) >= 11 is 12.3. The van der Waals surface area contributed by atoms with Crippen LogP contribution in [-0.2, 0) is 4.74 Å². The average Bonchev–Trinajstić information content (AvgIpc) is 2.81. The van der Waals surface area contributed by atoms with E-state index >= 15 is 0 Å². The second-order valence-electron chi connectivity index (χ2n) is 8.02. The van der Waals surface area contributed by atoms with Gasteiger partial charge in [-0.25, -0.2) is 4.79 Å². The van der Waals surface area contributed by atoms with Gasteiger partial charge in [-0.2, -0.15) is 0 Å². The lowest BCUT2D eigenvalue weighted by Gasteiger charge is -2.38. The number of carbonyl (C=O) groups is 2. The first-order valence-corrected chi connectivity index (χ1v) is 11.3. The molecule has 2 fully saturated rings. The fraction of sp³-hybridized carbons (Fsp3) is 0.391. The van der Waals surface area contributed by atoms with Crippen LogP contribution in [0.2, 0.25) is 10.0 Å². The number of nitrogens with one attached hydrogen (secondary N) is 1. The highest BCUT2D eigenvalue weighted by molar-refractivity contribution is 6.42. The first-order valence-electron chi connectivity index (χ1n) is 10.6. The van der Waals surface area contributed by atoms with Gasteiger partial charge in [0.2, 0.25) is 0 Å². The van der Waals surface area contributed by atoms with Crippen LogP contribution in [0.4, 0.5) is 10.5 Å². The predicted octanol–water partition coefficient (Wildman–Crippen LogP) is 4.10. The largest absolute Gasteiger partial charge is 0.465 e. The predicted molar refractivity (Wildman–Crippen MR) is 124 cm³/mol. The Balaban J connectivity index is 1.49. The fourth-order valence-corrected chi connectivity index (χ4v) is 4.58. The van der Waals surface area contributed by atoms with Crippen molar-refractivity contribution in [3.8, 4) is 0 Å². The number of carboxylic acid groups (broad SMARTS) is 1. The zero-order chi connectivity index (χ0) is 22.7. The summed E-state index contributed by atoms with van der Waals surface area (Å²) in [6, 6.07) is 12.6. The Kier molecular flexibility index (Phi) is 7.08. The maximum absolute atomic E-state index is 13.0. The molecule has 2 saturated heterocycles. The molecular weight excluding hydrogens is 453 g/mol. The number of anilines is 1. The van der Waals surface area contributed by atoms with Crippen molar-refractivity contribution in [2.45, 2.75) is 18.4 Å². The lowest BCUT2D eigenvalue weighted by molar-refractivity contribution is 0.0888. The Morgan fingerprint density at radius 2 is 1.72 bits per heavy atom. The number of nitrogens with zero attached hydrogens (tertiary/aromatic N) is 2. The van der Waals surface area contributed by atoms with E-state index in [-0.39, 0.29) is 24.4 Å². The second-order valence-corrected chi connectivity index (χ2v) is 8.84. The molecular formula is C23H25Cl2N3O4. The Bertz CT molecular complexity index is 980. The highest BCUT2D eigenvalue weighted by atomic mass is 35.5. The number of morpholine rings is 1. The van der Waals surface area contributed by atoms with Crippen LogP contribution in [0.5, 0.6) is 0 Å². The molecule has 2 heterocycles. The van der Waals surface area contributed by atoms with E-state index in [1.165, 1.54) is 4.90 Å². The molecule has 0 radical (unpaired) electrons. The van der Waals surface area contributed by atoms with Crippen molar-refractivity contribution in [3.63, 3.8) is 0 Å². The summed E-state index contributed by atoms with van der Waals surface area (Å²) in [6.07, 6.45) is -0.465. The molecule has 170 valence electrons. The number of benzene rings is 2. The first-order chi connectivity index (χ1) is 15.4. The van der Waals surface area contributed by atoms with Crippen LogP contribution >= 0.6 is 23.2 Å². The average molecular weight is 478 g/mol. The summed E-state index contributed by atoms with van der Waals surface area (Å²) < 4.78 is 5.39. The van der Waals surface area contributed by atoms with Crippen LogP contribution in [0.15, 0.2) is 42.5 Å². The Labute approximate surface area is 196 Å². The molecule has 2 atom stereocenters. The van der Waals surface area contributed by atoms with Crippen molar-refractivity contribution in [2.24, 2.45) is 0 Å². The Morgan fingerprint density at radius 3 is 2.38 bits per heavy atom. The lowest BCUT2D eigenvalue weighted by atomic mass is 9.86. The first kappa shape index (κ1) is 22.7. The summed E-state index contributed by atoms with van der Waals surface area (Å²) in [5, 5.41) is 13.4. The SMILES string of the molecule is O=C(N[C@@H]1CCN(C(=O)O)C[C@H]1c1ccc(Cl)c(Cl)c1)c1ccc(N2CCOCC2)cc1. The molecule has 9 heteroatoms. The molecule has 0 aliphatic carbocycles. The number of ether oxygens (including phenoxy) is 1. The number of halogens is 2. The number of piperidine rings is 1. The third kappa shape index (κ3) is 5.11. The smallest absolute Gasteiger partial charge is 0.407 e. The van der Waals surface area contributed by atoms with Crippen molar-refractivity contribution < 1.29 is 19.4 Å². The lowest BCUT2D eigenvalue weighted by Crippen LogP contribution is -2.51. The van der Waals surface area contributed by atoms with Gasteiger partial charge >= 0.3 is 6.09 Å². The van der Waals surface area contributed by atoms with Crippen molar-refractivity contribution in [2.75, 3.05) is 44.3 Å². The molecule has 2 aromatic rings. The number of rotatable bonds is 4. The molecule has 0 spiro atoms. The minimum Gasteiger partial charge on any atom is -0.465 e. The van der Waals surface area contributed by atoms with Crippen molar-refractivity contribution in [3.05, 3.63) is 63.6 Å². The summed E-state index contributed by atoms with van der Waals surface area (Å²) in [5.41, 5.74) is 2.47. The van der Waals surface area contributed by atoms with E-state index in [9.17, 15) is 14.7 Å². The molecule has 0 unspecified atom stereocenters. The van der Waals surface area contributed by atoms with Gasteiger partial charge in [0.05, 0.1) is 23.3 Å². The van der Waals surface area contributed by atoms with E-state index in [1.807, 2.05) is 30.3 Å². The minimum absolute atomic E-state index is 0.183. The van der Waals surface area contributed by atoms with Gasteiger partial charge in [0.25, 0.3) is 5.91 Å². The van der Waals surface area contributed by atoms with Gasteiger partial charge in [0.15, 0.2) is 0 Å². The topological polar surface area (TPSA) is 82.1 Å². The van der Waals surface area contributed by atoms with E-state index in [1.54, 1.807) is 12.1 Å². The monoisotopic (exact) mass is 477 g/mol. The van der Waals surface area contributed by atoms with Crippen LogP contribution in [0.25, 0.3) is 0 Å². The summed E-state index contributed by atoms with van der Waals surface area (Å²) in [5.74, 6) is -0.413. The molecule has 2 N–H and O–H groups in total. The van der Waals surface area contributed by atoms with Crippen molar-refractivity contribution >= 4 is 40.9 Å². The minimum atomic E-state index is -0.974. The number of carbonyl (C=O) groups excluding carboxylic acids is 1. The van der Waals surface area contributed by atoms with Crippen LogP contribution < -0.4 is 10.2 Å². The second kappa shape index (κ2) is 9.98. The Hall–Kier alpha value is -2.48. The molecule has 2 aromatic carbocycles. The van der Waals surface area contributed by atoms with Crippen LogP contribution in [-0.4, -0.2) is 67.4 Å². The third-order valence-electron chi connectivity index (χ3n) is 6.08. The van der Waals surface area contributed by atoms with E-state index < -0.39 is 6.09 Å². The van der Waals surface area contributed by atoms with Gasteiger partial charge in [-0.1, -0.05) is 29.3 Å². The standard InChI is InChI=1S/C23H25Cl2N3O4/c24-19-6-3-16(13-20(19)25)18-14-28(23(30)31)8-7-21(18)26-22(29)15-1-4-17(5-2-15)27-9-11-32-12-10-27/h1-6,13,18,21H,7-12,14H2,(H,26,29)(H,30,31)/t18-,21+/m0/s1. The third-order valence-corrected chi connectivity index (χ3v) is 6.82. The quantitative estimate of drug-likeness (QED) is 0.692. The number of hydrogen-bond donors (Lipinski definition) is 2. The molecule has 0 bridgehead atoms. The van der Waals surface area contributed by atoms with Gasteiger partial charge in [0, 0.05) is 49.4 Å². The molecule has 0 saturated carbocycles. The van der Waals surface area contributed by atoms with Gasteiger partial charge in [0.1, 0.15) is 0 Å². The van der Waals surface area contributed by atoms with Crippen molar-refractivity contribution in [1.82, 2.24) is 10.2 Å². The van der Waals surface area contributed by atoms with Crippen molar-refractivity contribution in [1.29, 1.82) is 0 Å². The molecule has 0 aromatic heterocycles. The summed E-state index contributed by atoms with van der Waals surface area (Å²) in [4.78, 5) is 28.1. The maximum atomic E-state index is 13.0. The number of hydrogen-bond acceptors (Lipinski definition) is 4. The normalized spacial score (nSPS) is 21.3. The van der Waals surface area contributed by atoms with E-state index in [4.69, 9.17) is 27.9 Å². The molecule has 7 nitrogen and oxygen atoms in total. The van der Waals surface area contributed by atoms with Gasteiger partial charge in [-0.15, -0.1) is 0 Å². The molecule has 2 amide bonds. The summed E-state index contributed by atoms with van der Waals surface area (Å²) in [6.45, 7) is 3.70. The van der Waals surface area contributed by atoms with Crippen LogP contribution in [0.1, 0.15) is 28.3 Å². The highest BCUT2D eigenvalue weighted by Crippen LogP contribution is 2.32. The highest BCUT2D eigenvalue weighted by Gasteiger charge is 2.34. The van der Waals surface area contributed by atoms with Gasteiger partial charge in [-0.05, 0) is 48.4 Å². The van der Waals surface area contributed by atoms with E-state index in [0.717, 1.165) is 24.3 Å². The number of amides is 2. The van der Waals surface area contributed by atoms with Crippen LogP contribution in [0.3, 0.4) is 0 Å². The van der Waals surface area contributed by atoms with E-state index in [2.05, 4.69) is 10.2 Å². The number of likely N-dealkylation sites (tertiary alicyclic amines) is 1. The summed E-state index contributed by atoms with van der Waals surface area (Å²) in [7, 11) is 0. The Morgan fingerprint density at radius 1 is 1.00 bits per heavy atom. The molecule has 2 aliphatic rings. The zero-order valence-corrected chi connectivity index (χ0v) is 19.0. The molecule has 32 heavy (non-hydrogen) atoms. The zero-order valence-electron chi connectivity index (χ0n) is 17.5. The molecule has 4 rings (SSSR count). The van der Waals surface area contributed by atoms with Gasteiger partial charge < -0.3 is 25.0 Å². The van der Waals surface area contributed by atoms with Crippen LogP contribution in [0, 0.1) is 0 Å². The fourth-order valence-electron chi connectivity index (χ4n) is 4.28. The van der Waals surface area contributed by atoms with Gasteiger partial charge in [-0.3, -0.25) is 4.79 Å². The molecule has 2 aliphatic heterocycles. The van der Waals surface area contributed by atoms with E-state index in [0.29, 0.717) is 41.8 Å².